The highest BCUT2D eigenvalue weighted by Gasteiger charge is 2.17. The SMILES string of the molecule is CC(=O)Nc1cc(Nc2ncnc(N3CC=C(C4=CCCC=C4)CC3)n2)ccc1F. The van der Waals surface area contributed by atoms with Crippen molar-refractivity contribution in [3.8, 4) is 0 Å². The number of halogens is 1. The van der Waals surface area contributed by atoms with E-state index >= 15 is 0 Å². The van der Waals surface area contributed by atoms with Crippen LogP contribution in [0.4, 0.5) is 27.7 Å². The second kappa shape index (κ2) is 8.86. The molecular weight excluding hydrogens is 383 g/mol. The number of hydrogen-bond donors (Lipinski definition) is 2. The van der Waals surface area contributed by atoms with Crippen molar-refractivity contribution in [1.82, 2.24) is 15.0 Å². The molecule has 4 rings (SSSR count). The number of nitrogens with zero attached hydrogens (tertiary/aromatic N) is 4. The highest BCUT2D eigenvalue weighted by atomic mass is 19.1. The van der Waals surface area contributed by atoms with Gasteiger partial charge in [-0.15, -0.1) is 0 Å². The summed E-state index contributed by atoms with van der Waals surface area (Å²) in [6.45, 7) is 2.88. The van der Waals surface area contributed by atoms with Gasteiger partial charge in [0.15, 0.2) is 0 Å². The summed E-state index contributed by atoms with van der Waals surface area (Å²) in [6.07, 6.45) is 13.5. The third-order valence-electron chi connectivity index (χ3n) is 4.95. The Hall–Kier alpha value is -3.55. The van der Waals surface area contributed by atoms with Gasteiger partial charge < -0.3 is 15.5 Å². The third kappa shape index (κ3) is 4.71. The number of benzene rings is 1. The predicted octanol–water partition coefficient (Wildman–Crippen LogP) is 4.13. The third-order valence-corrected chi connectivity index (χ3v) is 4.95. The first-order chi connectivity index (χ1) is 14.6. The van der Waals surface area contributed by atoms with Crippen LogP contribution < -0.4 is 15.5 Å². The summed E-state index contributed by atoms with van der Waals surface area (Å²) in [5.74, 6) is 0.0877. The molecule has 2 aromatic rings. The molecule has 1 aromatic heterocycles. The topological polar surface area (TPSA) is 83.0 Å². The van der Waals surface area contributed by atoms with Crippen LogP contribution in [-0.2, 0) is 4.79 Å². The summed E-state index contributed by atoms with van der Waals surface area (Å²) < 4.78 is 13.8. The molecule has 8 heteroatoms. The number of anilines is 4. The van der Waals surface area contributed by atoms with Gasteiger partial charge in [0.1, 0.15) is 12.1 Å². The highest BCUT2D eigenvalue weighted by molar-refractivity contribution is 5.89. The molecule has 154 valence electrons. The van der Waals surface area contributed by atoms with Gasteiger partial charge in [-0.25, -0.2) is 14.4 Å². The van der Waals surface area contributed by atoms with Gasteiger partial charge in [-0.1, -0.05) is 24.3 Å². The first-order valence-electron chi connectivity index (χ1n) is 9.93. The maximum absolute atomic E-state index is 13.8. The summed E-state index contributed by atoms with van der Waals surface area (Å²) in [7, 11) is 0. The average Bonchev–Trinajstić information content (AvgIpc) is 2.77. The maximum atomic E-state index is 13.8. The number of carbonyl (C=O) groups is 1. The molecule has 2 aliphatic rings. The number of rotatable bonds is 5. The van der Waals surface area contributed by atoms with E-state index in [2.05, 4.69) is 54.8 Å². The molecular formula is C22H23FN6O. The van der Waals surface area contributed by atoms with E-state index in [9.17, 15) is 9.18 Å². The Bertz CT molecular complexity index is 1050. The van der Waals surface area contributed by atoms with Gasteiger partial charge in [0.05, 0.1) is 5.69 Å². The van der Waals surface area contributed by atoms with E-state index in [0.29, 0.717) is 17.6 Å². The van der Waals surface area contributed by atoms with Crippen molar-refractivity contribution in [1.29, 1.82) is 0 Å². The Morgan fingerprint density at radius 3 is 2.83 bits per heavy atom. The van der Waals surface area contributed by atoms with Crippen LogP contribution in [0, 0.1) is 5.82 Å². The minimum atomic E-state index is -0.508. The number of carbonyl (C=O) groups excluding carboxylic acids is 1. The van der Waals surface area contributed by atoms with Crippen LogP contribution in [0.2, 0.25) is 0 Å². The van der Waals surface area contributed by atoms with E-state index in [1.165, 1.54) is 36.5 Å². The molecule has 0 bridgehead atoms. The summed E-state index contributed by atoms with van der Waals surface area (Å²) >= 11 is 0. The molecule has 0 saturated carbocycles. The standard InChI is InChI=1S/C22H23FN6O/c1-15(30)26-20-13-18(7-8-19(20)23)27-21-24-14-25-22(28-21)29-11-9-17(10-12-29)16-5-3-2-4-6-16/h3,5-9,13-14H,2,4,10-12H2,1H3,(H,26,30)(H,24,25,27,28). The zero-order valence-corrected chi connectivity index (χ0v) is 16.7. The van der Waals surface area contributed by atoms with Crippen molar-refractivity contribution < 1.29 is 9.18 Å². The van der Waals surface area contributed by atoms with E-state index < -0.39 is 5.82 Å². The number of hydrogen-bond acceptors (Lipinski definition) is 6. The minimum Gasteiger partial charge on any atom is -0.337 e. The van der Waals surface area contributed by atoms with Crippen molar-refractivity contribution in [3.05, 3.63) is 65.8 Å². The largest absolute Gasteiger partial charge is 0.337 e. The second-order valence-electron chi connectivity index (χ2n) is 7.17. The molecule has 1 aromatic carbocycles. The number of nitrogens with one attached hydrogen (secondary N) is 2. The predicted molar refractivity (Wildman–Crippen MR) is 115 cm³/mol. The lowest BCUT2D eigenvalue weighted by atomic mass is 9.95. The quantitative estimate of drug-likeness (QED) is 0.777. The van der Waals surface area contributed by atoms with E-state index in [1.54, 1.807) is 6.07 Å². The van der Waals surface area contributed by atoms with Gasteiger partial charge in [0.25, 0.3) is 0 Å². The Morgan fingerprint density at radius 1 is 1.20 bits per heavy atom. The minimum absolute atomic E-state index is 0.0987. The van der Waals surface area contributed by atoms with Crippen LogP contribution in [0.15, 0.2) is 60.0 Å². The summed E-state index contributed by atoms with van der Waals surface area (Å²) in [4.78, 5) is 26.3. The van der Waals surface area contributed by atoms with E-state index in [0.717, 1.165) is 32.4 Å². The van der Waals surface area contributed by atoms with E-state index in [-0.39, 0.29) is 11.6 Å². The first kappa shape index (κ1) is 19.8. The monoisotopic (exact) mass is 406 g/mol. The Balaban J connectivity index is 1.46. The summed E-state index contributed by atoms with van der Waals surface area (Å²) in [5, 5.41) is 5.51. The van der Waals surface area contributed by atoms with Gasteiger partial charge in [-0.3, -0.25) is 4.79 Å². The van der Waals surface area contributed by atoms with E-state index in [4.69, 9.17) is 0 Å². The molecule has 2 heterocycles. The molecule has 0 fully saturated rings. The fourth-order valence-corrected chi connectivity index (χ4v) is 3.48. The average molecular weight is 406 g/mol. The molecule has 2 N–H and O–H groups in total. The van der Waals surface area contributed by atoms with Crippen LogP contribution in [-0.4, -0.2) is 33.9 Å². The Kier molecular flexibility index (Phi) is 5.83. The molecule has 7 nitrogen and oxygen atoms in total. The normalized spacial score (nSPS) is 16.0. The van der Waals surface area contributed by atoms with Crippen molar-refractivity contribution >= 4 is 29.2 Å². The maximum Gasteiger partial charge on any atom is 0.232 e. The fraction of sp³-hybridized carbons (Fsp3) is 0.273. The zero-order chi connectivity index (χ0) is 20.9. The fourth-order valence-electron chi connectivity index (χ4n) is 3.48. The summed E-state index contributed by atoms with van der Waals surface area (Å²) in [6, 6.07) is 4.34. The van der Waals surface area contributed by atoms with Crippen molar-refractivity contribution in [2.24, 2.45) is 0 Å². The van der Waals surface area contributed by atoms with Crippen LogP contribution in [0.5, 0.6) is 0 Å². The van der Waals surface area contributed by atoms with Gasteiger partial charge in [0, 0.05) is 25.7 Å². The summed E-state index contributed by atoms with van der Waals surface area (Å²) in [5.41, 5.74) is 3.35. The van der Waals surface area contributed by atoms with Gasteiger partial charge in [-0.05, 0) is 48.6 Å². The van der Waals surface area contributed by atoms with Crippen molar-refractivity contribution in [2.45, 2.75) is 26.2 Å². The molecule has 1 amide bonds. The smallest absolute Gasteiger partial charge is 0.232 e. The van der Waals surface area contributed by atoms with Crippen molar-refractivity contribution in [3.63, 3.8) is 0 Å². The molecule has 1 aliphatic heterocycles. The zero-order valence-electron chi connectivity index (χ0n) is 16.7. The van der Waals surface area contributed by atoms with Crippen LogP contribution in [0.3, 0.4) is 0 Å². The Labute approximate surface area is 174 Å². The van der Waals surface area contributed by atoms with Crippen molar-refractivity contribution in [2.75, 3.05) is 28.6 Å². The molecule has 0 saturated heterocycles. The molecule has 0 radical (unpaired) electrons. The lowest BCUT2D eigenvalue weighted by molar-refractivity contribution is -0.114. The number of amides is 1. The van der Waals surface area contributed by atoms with Crippen LogP contribution >= 0.6 is 0 Å². The second-order valence-corrected chi connectivity index (χ2v) is 7.17. The van der Waals surface area contributed by atoms with Crippen LogP contribution in [0.25, 0.3) is 0 Å². The molecule has 0 spiro atoms. The highest BCUT2D eigenvalue weighted by Crippen LogP contribution is 2.26. The molecule has 0 atom stereocenters. The molecule has 1 aliphatic carbocycles. The first-order valence-corrected chi connectivity index (χ1v) is 9.93. The number of allylic oxidation sites excluding steroid dienone is 4. The van der Waals surface area contributed by atoms with Crippen LogP contribution in [0.1, 0.15) is 26.2 Å². The lowest BCUT2D eigenvalue weighted by Gasteiger charge is -2.27. The molecule has 30 heavy (non-hydrogen) atoms. The van der Waals surface area contributed by atoms with Gasteiger partial charge in [-0.2, -0.15) is 4.98 Å². The number of aromatic nitrogens is 3. The van der Waals surface area contributed by atoms with E-state index in [1.807, 2.05) is 0 Å². The Morgan fingerprint density at radius 2 is 2.10 bits per heavy atom. The van der Waals surface area contributed by atoms with Gasteiger partial charge >= 0.3 is 0 Å². The van der Waals surface area contributed by atoms with Gasteiger partial charge in [0.2, 0.25) is 17.8 Å². The lowest BCUT2D eigenvalue weighted by Crippen LogP contribution is -2.30. The molecule has 0 unspecified atom stereocenters.